The maximum Gasteiger partial charge on any atom is 0.231 e. The summed E-state index contributed by atoms with van der Waals surface area (Å²) in [4.78, 5) is 12.3. The summed E-state index contributed by atoms with van der Waals surface area (Å²) in [6.07, 6.45) is 0. The van der Waals surface area contributed by atoms with Crippen molar-refractivity contribution in [1.82, 2.24) is 5.32 Å². The number of halogens is 1. The minimum Gasteiger partial charge on any atom is -0.492 e. The second-order valence-corrected chi connectivity index (χ2v) is 5.39. The molecule has 0 spiro atoms. The van der Waals surface area contributed by atoms with Gasteiger partial charge < -0.3 is 15.4 Å². The van der Waals surface area contributed by atoms with Crippen LogP contribution < -0.4 is 15.4 Å². The molecule has 2 aromatic rings. The van der Waals surface area contributed by atoms with E-state index in [1.807, 2.05) is 30.3 Å². The number of nitrogens with one attached hydrogen (secondary N) is 2. The molecule has 0 bridgehead atoms. The smallest absolute Gasteiger partial charge is 0.231 e. The normalized spacial score (nSPS) is 15.1. The Morgan fingerprint density at radius 1 is 1.25 bits per heavy atom. The lowest BCUT2D eigenvalue weighted by molar-refractivity contribution is -0.122. The van der Waals surface area contributed by atoms with Crippen molar-refractivity contribution in [3.8, 4) is 11.8 Å². The molecule has 122 valence electrons. The summed E-state index contributed by atoms with van der Waals surface area (Å²) >= 11 is 0. The second kappa shape index (κ2) is 7.01. The van der Waals surface area contributed by atoms with E-state index in [9.17, 15) is 9.18 Å². The number of hydrogen-bond acceptors (Lipinski definition) is 4. The van der Waals surface area contributed by atoms with Crippen LogP contribution in [0.5, 0.6) is 5.75 Å². The molecule has 0 radical (unpaired) electrons. The molecule has 24 heavy (non-hydrogen) atoms. The van der Waals surface area contributed by atoms with Gasteiger partial charge in [0, 0.05) is 18.7 Å². The zero-order valence-electron chi connectivity index (χ0n) is 12.9. The number of para-hydroxylation sites is 1. The molecule has 0 aromatic heterocycles. The Morgan fingerprint density at radius 2 is 2.08 bits per heavy atom. The summed E-state index contributed by atoms with van der Waals surface area (Å²) in [5.74, 6) is -0.244. The summed E-state index contributed by atoms with van der Waals surface area (Å²) in [6, 6.07) is 13.7. The van der Waals surface area contributed by atoms with Gasteiger partial charge in [0.2, 0.25) is 5.91 Å². The van der Waals surface area contributed by atoms with Crippen LogP contribution in [0.1, 0.15) is 17.0 Å². The minimum atomic E-state index is -0.564. The van der Waals surface area contributed by atoms with Gasteiger partial charge in [-0.3, -0.25) is 4.79 Å². The number of anilines is 1. The molecule has 5 nitrogen and oxygen atoms in total. The third-order valence-electron chi connectivity index (χ3n) is 3.88. The molecule has 1 aliphatic rings. The number of amides is 1. The SMILES string of the molecule is N#Cc1c(F)cccc1NCCNC(=O)[C@H]1COc2ccccc21. The molecule has 1 aliphatic heterocycles. The number of fused-ring (bicyclic) bond motifs is 1. The van der Waals surface area contributed by atoms with Crippen molar-refractivity contribution in [2.45, 2.75) is 5.92 Å². The van der Waals surface area contributed by atoms with E-state index in [0.29, 0.717) is 25.4 Å². The quantitative estimate of drug-likeness (QED) is 0.828. The molecule has 1 amide bonds. The van der Waals surface area contributed by atoms with Crippen molar-refractivity contribution in [1.29, 1.82) is 5.26 Å². The molecule has 0 saturated carbocycles. The van der Waals surface area contributed by atoms with E-state index < -0.39 is 5.82 Å². The predicted molar refractivity (Wildman–Crippen MR) is 87.3 cm³/mol. The number of benzene rings is 2. The first-order valence-corrected chi connectivity index (χ1v) is 7.62. The van der Waals surface area contributed by atoms with E-state index in [2.05, 4.69) is 10.6 Å². The third-order valence-corrected chi connectivity index (χ3v) is 3.88. The van der Waals surface area contributed by atoms with Crippen LogP contribution in [0.2, 0.25) is 0 Å². The lowest BCUT2D eigenvalue weighted by atomic mass is 10.0. The Morgan fingerprint density at radius 3 is 2.92 bits per heavy atom. The molecule has 6 heteroatoms. The molecular weight excluding hydrogens is 309 g/mol. The van der Waals surface area contributed by atoms with Gasteiger partial charge in [-0.25, -0.2) is 4.39 Å². The van der Waals surface area contributed by atoms with Crippen LogP contribution in [0.25, 0.3) is 0 Å². The Hall–Kier alpha value is -3.07. The van der Waals surface area contributed by atoms with Gasteiger partial charge >= 0.3 is 0 Å². The molecule has 2 N–H and O–H groups in total. The number of carbonyl (C=O) groups is 1. The lowest BCUT2D eigenvalue weighted by Crippen LogP contribution is -2.33. The van der Waals surface area contributed by atoms with Gasteiger partial charge in [0.15, 0.2) is 0 Å². The highest BCUT2D eigenvalue weighted by molar-refractivity contribution is 5.85. The van der Waals surface area contributed by atoms with E-state index in [4.69, 9.17) is 10.00 Å². The number of rotatable bonds is 5. The van der Waals surface area contributed by atoms with Crippen LogP contribution in [0.3, 0.4) is 0 Å². The van der Waals surface area contributed by atoms with Gasteiger partial charge in [-0.15, -0.1) is 0 Å². The molecule has 0 saturated heterocycles. The zero-order valence-corrected chi connectivity index (χ0v) is 12.9. The standard InChI is InChI=1S/C18H16FN3O2/c19-15-5-3-6-16(13(15)10-20)21-8-9-22-18(23)14-11-24-17-7-2-1-4-12(14)17/h1-7,14,21H,8-9,11H2,(H,22,23)/t14-/m0/s1. The van der Waals surface area contributed by atoms with Crippen molar-refractivity contribution in [2.75, 3.05) is 25.0 Å². The van der Waals surface area contributed by atoms with Crippen LogP contribution in [0, 0.1) is 17.1 Å². The second-order valence-electron chi connectivity index (χ2n) is 5.39. The van der Waals surface area contributed by atoms with Crippen molar-refractivity contribution >= 4 is 11.6 Å². The summed E-state index contributed by atoms with van der Waals surface area (Å²) in [6.45, 7) is 1.08. The average Bonchev–Trinajstić information content (AvgIpc) is 3.03. The summed E-state index contributed by atoms with van der Waals surface area (Å²) < 4.78 is 19.0. The van der Waals surface area contributed by atoms with Crippen LogP contribution >= 0.6 is 0 Å². The molecule has 0 fully saturated rings. The van der Waals surface area contributed by atoms with Crippen LogP contribution in [-0.4, -0.2) is 25.6 Å². The lowest BCUT2D eigenvalue weighted by Gasteiger charge is -2.12. The Balaban J connectivity index is 1.52. The maximum atomic E-state index is 13.5. The van der Waals surface area contributed by atoms with Crippen molar-refractivity contribution in [3.05, 3.63) is 59.4 Å². The van der Waals surface area contributed by atoms with Gasteiger partial charge in [0.05, 0.1) is 5.69 Å². The van der Waals surface area contributed by atoms with Crippen LogP contribution in [0.4, 0.5) is 10.1 Å². The van der Waals surface area contributed by atoms with Crippen molar-refractivity contribution in [3.63, 3.8) is 0 Å². The molecule has 0 aliphatic carbocycles. The Bertz CT molecular complexity index is 801. The van der Waals surface area contributed by atoms with Crippen LogP contribution in [-0.2, 0) is 4.79 Å². The molecule has 3 rings (SSSR count). The minimum absolute atomic E-state index is 0.0260. The Labute approximate surface area is 139 Å². The fourth-order valence-electron chi connectivity index (χ4n) is 2.67. The Kier molecular flexibility index (Phi) is 4.62. The van der Waals surface area contributed by atoms with Gasteiger partial charge in [-0.1, -0.05) is 24.3 Å². The van der Waals surface area contributed by atoms with Gasteiger partial charge in [-0.05, 0) is 18.2 Å². The first-order valence-electron chi connectivity index (χ1n) is 7.62. The largest absolute Gasteiger partial charge is 0.492 e. The van der Waals surface area contributed by atoms with E-state index in [1.54, 1.807) is 6.07 Å². The molecule has 1 heterocycles. The molecular formula is C18H16FN3O2. The van der Waals surface area contributed by atoms with Gasteiger partial charge in [0.1, 0.15) is 35.7 Å². The van der Waals surface area contributed by atoms with Crippen molar-refractivity contribution < 1.29 is 13.9 Å². The highest BCUT2D eigenvalue weighted by atomic mass is 19.1. The zero-order chi connectivity index (χ0) is 16.9. The number of nitrogens with zero attached hydrogens (tertiary/aromatic N) is 1. The highest BCUT2D eigenvalue weighted by Crippen LogP contribution is 2.33. The fourth-order valence-corrected chi connectivity index (χ4v) is 2.67. The first kappa shape index (κ1) is 15.8. The van der Waals surface area contributed by atoms with E-state index in [0.717, 1.165) is 11.3 Å². The highest BCUT2D eigenvalue weighted by Gasteiger charge is 2.29. The fraction of sp³-hybridized carbons (Fsp3) is 0.222. The van der Waals surface area contributed by atoms with Crippen molar-refractivity contribution in [2.24, 2.45) is 0 Å². The summed E-state index contributed by atoms with van der Waals surface area (Å²) in [5.41, 5.74) is 1.28. The summed E-state index contributed by atoms with van der Waals surface area (Å²) in [7, 11) is 0. The van der Waals surface area contributed by atoms with E-state index >= 15 is 0 Å². The number of nitriles is 1. The topological polar surface area (TPSA) is 74.2 Å². The van der Waals surface area contributed by atoms with E-state index in [1.165, 1.54) is 12.1 Å². The molecule has 2 aromatic carbocycles. The third kappa shape index (κ3) is 3.15. The van der Waals surface area contributed by atoms with Gasteiger partial charge in [-0.2, -0.15) is 5.26 Å². The maximum absolute atomic E-state index is 13.5. The molecule has 1 atom stereocenters. The molecule has 0 unspecified atom stereocenters. The van der Waals surface area contributed by atoms with Crippen LogP contribution in [0.15, 0.2) is 42.5 Å². The number of hydrogen-bond donors (Lipinski definition) is 2. The predicted octanol–water partition coefficient (Wildman–Crippen LogP) is 2.40. The monoisotopic (exact) mass is 325 g/mol. The van der Waals surface area contributed by atoms with E-state index in [-0.39, 0.29) is 17.4 Å². The average molecular weight is 325 g/mol. The first-order chi connectivity index (χ1) is 11.7. The number of ether oxygens (including phenoxy) is 1. The van der Waals surface area contributed by atoms with Gasteiger partial charge in [0.25, 0.3) is 0 Å². The number of carbonyl (C=O) groups excluding carboxylic acids is 1. The summed E-state index contributed by atoms with van der Waals surface area (Å²) in [5, 5.41) is 14.8.